The number of carbonyl (C=O) groups excluding carboxylic acids is 2. The summed E-state index contributed by atoms with van der Waals surface area (Å²) >= 11 is 1.31. The fourth-order valence-corrected chi connectivity index (χ4v) is 4.41. The fourth-order valence-electron chi connectivity index (χ4n) is 3.39. The molecule has 2 aromatic heterocycles. The average molecular weight is 427 g/mol. The van der Waals surface area contributed by atoms with Gasteiger partial charge < -0.3 is 15.0 Å². The molecule has 1 N–H and O–H groups in total. The Hall–Kier alpha value is -3.27. The lowest BCUT2D eigenvalue weighted by Crippen LogP contribution is -2.29. The number of ether oxygens (including phenoxy) is 1. The summed E-state index contributed by atoms with van der Waals surface area (Å²) < 4.78 is 6.41. The van der Waals surface area contributed by atoms with Crippen LogP contribution in [0.5, 0.6) is 0 Å². The largest absolute Gasteiger partial charge is 0.465 e. The molecule has 10 heteroatoms. The second-order valence-electron chi connectivity index (χ2n) is 6.96. The third-order valence-corrected chi connectivity index (χ3v) is 6.01. The molecule has 0 atom stereocenters. The maximum atomic E-state index is 12.9. The molecule has 0 radical (unpaired) electrons. The van der Waals surface area contributed by atoms with E-state index in [0.717, 1.165) is 31.1 Å². The highest BCUT2D eigenvalue weighted by atomic mass is 32.1. The van der Waals surface area contributed by atoms with Crippen LogP contribution in [-0.2, 0) is 16.1 Å². The number of nitrogens with zero attached hydrogens (tertiary/aromatic N) is 4. The number of aromatic nitrogens is 3. The molecule has 0 saturated carbocycles. The molecule has 0 aliphatic carbocycles. The summed E-state index contributed by atoms with van der Waals surface area (Å²) in [7, 11) is 1.27. The first-order valence-corrected chi connectivity index (χ1v) is 10.5. The Morgan fingerprint density at radius 1 is 1.20 bits per heavy atom. The minimum atomic E-state index is -0.555. The van der Waals surface area contributed by atoms with Crippen molar-refractivity contribution in [1.29, 1.82) is 0 Å². The van der Waals surface area contributed by atoms with Crippen molar-refractivity contribution in [2.24, 2.45) is 0 Å². The van der Waals surface area contributed by atoms with E-state index in [4.69, 9.17) is 4.74 Å². The molecule has 1 saturated heterocycles. The number of fused-ring (bicyclic) bond motifs is 1. The van der Waals surface area contributed by atoms with Crippen molar-refractivity contribution in [3.8, 4) is 0 Å². The summed E-state index contributed by atoms with van der Waals surface area (Å²) in [5, 5.41) is 3.45. The summed E-state index contributed by atoms with van der Waals surface area (Å²) in [4.78, 5) is 48.2. The van der Waals surface area contributed by atoms with Gasteiger partial charge in [0.05, 0.1) is 18.4 Å². The summed E-state index contributed by atoms with van der Waals surface area (Å²) in [5.41, 5.74) is 0.653. The van der Waals surface area contributed by atoms with E-state index in [9.17, 15) is 14.4 Å². The van der Waals surface area contributed by atoms with Gasteiger partial charge in [-0.15, -0.1) is 0 Å². The van der Waals surface area contributed by atoms with E-state index in [1.54, 1.807) is 24.3 Å². The number of esters is 1. The second kappa shape index (κ2) is 8.62. The van der Waals surface area contributed by atoms with E-state index in [1.807, 2.05) is 0 Å². The lowest BCUT2D eigenvalue weighted by Gasteiger charge is -2.25. The van der Waals surface area contributed by atoms with E-state index < -0.39 is 11.9 Å². The minimum absolute atomic E-state index is 0.228. The summed E-state index contributed by atoms with van der Waals surface area (Å²) in [5.74, 6) is -1.00. The number of benzene rings is 1. The van der Waals surface area contributed by atoms with Gasteiger partial charge in [-0.1, -0.05) is 23.5 Å². The van der Waals surface area contributed by atoms with Crippen molar-refractivity contribution >= 4 is 44.4 Å². The Morgan fingerprint density at radius 3 is 2.73 bits per heavy atom. The van der Waals surface area contributed by atoms with Crippen LogP contribution in [0.2, 0.25) is 0 Å². The number of anilines is 2. The van der Waals surface area contributed by atoms with Crippen LogP contribution in [0.25, 0.3) is 10.3 Å². The molecule has 1 aliphatic heterocycles. The van der Waals surface area contributed by atoms with Gasteiger partial charge in [-0.3, -0.25) is 14.2 Å². The van der Waals surface area contributed by atoms with E-state index >= 15 is 0 Å². The molecule has 0 bridgehead atoms. The zero-order valence-corrected chi connectivity index (χ0v) is 17.3. The highest BCUT2D eigenvalue weighted by Crippen LogP contribution is 2.27. The van der Waals surface area contributed by atoms with E-state index in [-0.39, 0.29) is 17.7 Å². The van der Waals surface area contributed by atoms with Crippen LogP contribution >= 0.6 is 11.3 Å². The first-order chi connectivity index (χ1) is 14.6. The highest BCUT2D eigenvalue weighted by Gasteiger charge is 2.19. The molecule has 0 spiro atoms. The number of hydrogen-bond acceptors (Lipinski definition) is 8. The van der Waals surface area contributed by atoms with E-state index in [1.165, 1.54) is 35.8 Å². The highest BCUT2D eigenvalue weighted by molar-refractivity contribution is 7.22. The average Bonchev–Trinajstić information content (AvgIpc) is 3.21. The van der Waals surface area contributed by atoms with Gasteiger partial charge in [0, 0.05) is 13.1 Å². The van der Waals surface area contributed by atoms with Crippen LogP contribution in [0.4, 0.5) is 10.8 Å². The maximum Gasteiger partial charge on any atom is 0.339 e. The Kier molecular flexibility index (Phi) is 5.75. The first kappa shape index (κ1) is 20.0. The molecule has 30 heavy (non-hydrogen) atoms. The Bertz CT molecular complexity index is 1150. The van der Waals surface area contributed by atoms with Crippen LogP contribution < -0.4 is 15.8 Å². The maximum absolute atomic E-state index is 12.9. The Labute approximate surface area is 176 Å². The van der Waals surface area contributed by atoms with Crippen molar-refractivity contribution < 1.29 is 14.3 Å². The number of nitrogens with one attached hydrogen (secondary N) is 1. The number of piperidine rings is 1. The van der Waals surface area contributed by atoms with Crippen LogP contribution in [0.3, 0.4) is 0 Å². The van der Waals surface area contributed by atoms with Gasteiger partial charge in [-0.05, 0) is 31.4 Å². The van der Waals surface area contributed by atoms with Gasteiger partial charge in [0.1, 0.15) is 17.6 Å². The molecular formula is C20H21N5O4S. The standard InChI is InChI=1S/C20H21N5O4S/c1-29-19(28)13-7-3-4-8-14(13)22-15(26)11-25-12-21-17-16(18(25)27)30-20(23-17)24-9-5-2-6-10-24/h3-4,7-8,12H,2,5-6,9-11H2,1H3,(H,22,26). The first-order valence-electron chi connectivity index (χ1n) is 9.65. The predicted molar refractivity (Wildman–Crippen MR) is 114 cm³/mol. The van der Waals surface area contributed by atoms with Crippen molar-refractivity contribution in [1.82, 2.24) is 14.5 Å². The zero-order valence-electron chi connectivity index (χ0n) is 16.5. The number of hydrogen-bond donors (Lipinski definition) is 1. The number of rotatable bonds is 5. The summed E-state index contributed by atoms with van der Waals surface area (Å²) in [6, 6.07) is 6.53. The van der Waals surface area contributed by atoms with Gasteiger partial charge in [0.25, 0.3) is 5.56 Å². The van der Waals surface area contributed by atoms with Crippen molar-refractivity contribution in [2.75, 3.05) is 30.4 Å². The molecule has 156 valence electrons. The molecule has 0 unspecified atom stereocenters. The third kappa shape index (κ3) is 4.04. The minimum Gasteiger partial charge on any atom is -0.465 e. The number of para-hydroxylation sites is 1. The summed E-state index contributed by atoms with van der Waals surface area (Å²) in [6.45, 7) is 1.63. The molecule has 1 aliphatic rings. The SMILES string of the molecule is COC(=O)c1ccccc1NC(=O)Cn1cnc2nc(N3CCCCC3)sc2c1=O. The van der Waals surface area contributed by atoms with Crippen LogP contribution in [-0.4, -0.2) is 46.6 Å². The smallest absolute Gasteiger partial charge is 0.339 e. The van der Waals surface area contributed by atoms with Gasteiger partial charge >= 0.3 is 5.97 Å². The third-order valence-electron chi connectivity index (χ3n) is 4.92. The molecule has 1 amide bonds. The Morgan fingerprint density at radius 2 is 1.97 bits per heavy atom. The zero-order chi connectivity index (χ0) is 21.1. The topological polar surface area (TPSA) is 106 Å². The number of methoxy groups -OCH3 is 1. The molecule has 3 heterocycles. The van der Waals surface area contributed by atoms with Crippen molar-refractivity contribution in [3.05, 3.63) is 46.5 Å². The second-order valence-corrected chi connectivity index (χ2v) is 7.94. The van der Waals surface area contributed by atoms with Gasteiger partial charge in [0.2, 0.25) is 5.91 Å². The monoisotopic (exact) mass is 427 g/mol. The normalized spacial score (nSPS) is 14.0. The lowest BCUT2D eigenvalue weighted by atomic mass is 10.1. The quantitative estimate of drug-likeness (QED) is 0.623. The lowest BCUT2D eigenvalue weighted by molar-refractivity contribution is -0.116. The molecule has 1 fully saturated rings. The van der Waals surface area contributed by atoms with Gasteiger partial charge in [-0.2, -0.15) is 4.98 Å². The van der Waals surface area contributed by atoms with Gasteiger partial charge in [-0.25, -0.2) is 9.78 Å². The van der Waals surface area contributed by atoms with Crippen molar-refractivity contribution in [2.45, 2.75) is 25.8 Å². The predicted octanol–water partition coefficient (Wildman–Crippen LogP) is 2.27. The molecule has 1 aromatic carbocycles. The number of thiazole rings is 1. The van der Waals surface area contributed by atoms with Gasteiger partial charge in [0.15, 0.2) is 10.8 Å². The van der Waals surface area contributed by atoms with Crippen LogP contribution in [0, 0.1) is 0 Å². The van der Waals surface area contributed by atoms with E-state index in [2.05, 4.69) is 20.2 Å². The van der Waals surface area contributed by atoms with E-state index in [0.29, 0.717) is 16.0 Å². The number of carbonyl (C=O) groups is 2. The fraction of sp³-hybridized carbons (Fsp3) is 0.350. The van der Waals surface area contributed by atoms with Crippen LogP contribution in [0.15, 0.2) is 35.4 Å². The van der Waals surface area contributed by atoms with Crippen molar-refractivity contribution in [3.63, 3.8) is 0 Å². The molecule has 3 aromatic rings. The molecule has 4 rings (SSSR count). The molecular weight excluding hydrogens is 406 g/mol. The molecule has 9 nitrogen and oxygen atoms in total. The van der Waals surface area contributed by atoms with Crippen LogP contribution in [0.1, 0.15) is 29.6 Å². The Balaban J connectivity index is 1.54. The number of amides is 1. The summed E-state index contributed by atoms with van der Waals surface area (Å²) in [6.07, 6.45) is 4.76.